The molecule has 1 heterocycles. The van der Waals surface area contributed by atoms with E-state index >= 15 is 0 Å². The van der Waals surface area contributed by atoms with E-state index in [1.54, 1.807) is 13.0 Å². The van der Waals surface area contributed by atoms with Gasteiger partial charge in [0.2, 0.25) is 0 Å². The Kier molecular flexibility index (Phi) is 3.06. The lowest BCUT2D eigenvalue weighted by Crippen LogP contribution is -2.17. The van der Waals surface area contributed by atoms with E-state index in [-0.39, 0.29) is 5.82 Å². The van der Waals surface area contributed by atoms with Crippen molar-refractivity contribution in [1.29, 1.82) is 0 Å². The molecule has 2 unspecified atom stereocenters. The van der Waals surface area contributed by atoms with Crippen LogP contribution < -0.4 is 5.32 Å². The van der Waals surface area contributed by atoms with E-state index in [1.165, 1.54) is 6.42 Å². The maximum Gasteiger partial charge on any atom is 0.126 e. The van der Waals surface area contributed by atoms with E-state index in [9.17, 15) is 4.39 Å². The lowest BCUT2D eigenvalue weighted by molar-refractivity contribution is 0.447. The molecule has 0 saturated carbocycles. The Morgan fingerprint density at radius 2 is 2.27 bits per heavy atom. The van der Waals surface area contributed by atoms with Crippen molar-refractivity contribution in [3.05, 3.63) is 35.1 Å². The van der Waals surface area contributed by atoms with Gasteiger partial charge in [-0.15, -0.1) is 0 Å². The minimum atomic E-state index is -0.0870. The molecule has 1 aliphatic heterocycles. The molecule has 0 aliphatic carbocycles. The molecule has 2 heteroatoms. The maximum atomic E-state index is 13.4. The van der Waals surface area contributed by atoms with Gasteiger partial charge in [-0.1, -0.05) is 25.5 Å². The molecule has 0 bridgehead atoms. The summed E-state index contributed by atoms with van der Waals surface area (Å²) in [5, 5.41) is 3.45. The first kappa shape index (κ1) is 10.6. The van der Waals surface area contributed by atoms with Crippen LogP contribution in [0, 0.1) is 18.7 Å². The number of rotatable bonds is 2. The molecule has 1 N–H and O–H groups in total. The molecule has 0 amide bonds. The molecule has 1 aliphatic rings. The molecule has 15 heavy (non-hydrogen) atoms. The van der Waals surface area contributed by atoms with Crippen molar-refractivity contribution < 1.29 is 4.39 Å². The SMILES string of the molecule is CCC1CCNC1c1ccc(C)c(F)c1. The Morgan fingerprint density at radius 1 is 1.47 bits per heavy atom. The highest BCUT2D eigenvalue weighted by Crippen LogP contribution is 2.32. The standard InChI is InChI=1S/C13H18FN/c1-3-10-6-7-15-13(10)11-5-4-9(2)12(14)8-11/h4-5,8,10,13,15H,3,6-7H2,1-2H3. The number of hydrogen-bond acceptors (Lipinski definition) is 1. The van der Waals surface area contributed by atoms with Crippen LogP contribution in [0.1, 0.15) is 36.9 Å². The fraction of sp³-hybridized carbons (Fsp3) is 0.538. The third-order valence-electron chi connectivity index (χ3n) is 3.43. The van der Waals surface area contributed by atoms with Crippen molar-refractivity contribution in [3.63, 3.8) is 0 Å². The molecular weight excluding hydrogens is 189 g/mol. The Hall–Kier alpha value is -0.890. The molecule has 2 atom stereocenters. The first-order chi connectivity index (χ1) is 7.22. The molecule has 1 nitrogen and oxygen atoms in total. The van der Waals surface area contributed by atoms with Gasteiger partial charge in [0.1, 0.15) is 5.82 Å². The van der Waals surface area contributed by atoms with Gasteiger partial charge in [-0.05, 0) is 43.0 Å². The van der Waals surface area contributed by atoms with Crippen LogP contribution in [0.3, 0.4) is 0 Å². The maximum absolute atomic E-state index is 13.4. The van der Waals surface area contributed by atoms with Crippen molar-refractivity contribution in [2.75, 3.05) is 6.54 Å². The third-order valence-corrected chi connectivity index (χ3v) is 3.43. The average Bonchev–Trinajstić information content (AvgIpc) is 2.70. The van der Waals surface area contributed by atoms with Crippen LogP contribution >= 0.6 is 0 Å². The molecule has 1 fully saturated rings. The van der Waals surface area contributed by atoms with Gasteiger partial charge in [0.25, 0.3) is 0 Å². The summed E-state index contributed by atoms with van der Waals surface area (Å²) in [6.45, 7) is 5.06. The van der Waals surface area contributed by atoms with Crippen LogP contribution in [0.4, 0.5) is 4.39 Å². The smallest absolute Gasteiger partial charge is 0.126 e. The van der Waals surface area contributed by atoms with Gasteiger partial charge < -0.3 is 5.32 Å². The van der Waals surface area contributed by atoms with Crippen LogP contribution in [-0.2, 0) is 0 Å². The minimum absolute atomic E-state index is 0.0870. The van der Waals surface area contributed by atoms with E-state index in [0.29, 0.717) is 12.0 Å². The second kappa shape index (κ2) is 4.31. The normalized spacial score (nSPS) is 25.8. The van der Waals surface area contributed by atoms with Crippen LogP contribution in [-0.4, -0.2) is 6.54 Å². The largest absolute Gasteiger partial charge is 0.310 e. The van der Waals surface area contributed by atoms with E-state index in [2.05, 4.69) is 12.2 Å². The fourth-order valence-corrected chi connectivity index (χ4v) is 2.39. The highest BCUT2D eigenvalue weighted by molar-refractivity contribution is 5.27. The predicted octanol–water partition coefficient (Wildman–Crippen LogP) is 3.19. The van der Waals surface area contributed by atoms with Crippen LogP contribution in [0.5, 0.6) is 0 Å². The van der Waals surface area contributed by atoms with Crippen molar-refractivity contribution in [2.24, 2.45) is 5.92 Å². The van der Waals surface area contributed by atoms with Gasteiger partial charge in [0.05, 0.1) is 0 Å². The summed E-state index contributed by atoms with van der Waals surface area (Å²) in [7, 11) is 0. The number of nitrogens with one attached hydrogen (secondary N) is 1. The Bertz CT molecular complexity index is 348. The summed E-state index contributed by atoms with van der Waals surface area (Å²) in [6.07, 6.45) is 2.36. The summed E-state index contributed by atoms with van der Waals surface area (Å²) in [6, 6.07) is 5.95. The molecule has 0 radical (unpaired) electrons. The van der Waals surface area contributed by atoms with E-state index in [1.807, 2.05) is 12.1 Å². The van der Waals surface area contributed by atoms with Gasteiger partial charge >= 0.3 is 0 Å². The third kappa shape index (κ3) is 2.05. The fourth-order valence-electron chi connectivity index (χ4n) is 2.39. The van der Waals surface area contributed by atoms with E-state index in [4.69, 9.17) is 0 Å². The van der Waals surface area contributed by atoms with Gasteiger partial charge in [-0.25, -0.2) is 4.39 Å². The number of hydrogen-bond donors (Lipinski definition) is 1. The van der Waals surface area contributed by atoms with Gasteiger partial charge in [0.15, 0.2) is 0 Å². The Balaban J connectivity index is 2.25. The first-order valence-corrected chi connectivity index (χ1v) is 5.71. The molecule has 1 aromatic carbocycles. The highest BCUT2D eigenvalue weighted by Gasteiger charge is 2.26. The monoisotopic (exact) mass is 207 g/mol. The van der Waals surface area contributed by atoms with Crippen molar-refractivity contribution in [3.8, 4) is 0 Å². The predicted molar refractivity (Wildman–Crippen MR) is 60.3 cm³/mol. The van der Waals surface area contributed by atoms with Gasteiger partial charge in [0, 0.05) is 6.04 Å². The van der Waals surface area contributed by atoms with Crippen molar-refractivity contribution >= 4 is 0 Å². The summed E-state index contributed by atoms with van der Waals surface area (Å²) in [5.41, 5.74) is 1.83. The molecule has 82 valence electrons. The summed E-state index contributed by atoms with van der Waals surface area (Å²) < 4.78 is 13.4. The zero-order chi connectivity index (χ0) is 10.8. The molecule has 1 saturated heterocycles. The zero-order valence-corrected chi connectivity index (χ0v) is 9.39. The zero-order valence-electron chi connectivity index (χ0n) is 9.39. The van der Waals surface area contributed by atoms with E-state index in [0.717, 1.165) is 24.1 Å². The van der Waals surface area contributed by atoms with Crippen LogP contribution in [0.2, 0.25) is 0 Å². The molecule has 0 spiro atoms. The first-order valence-electron chi connectivity index (χ1n) is 5.71. The van der Waals surface area contributed by atoms with Crippen molar-refractivity contribution in [1.82, 2.24) is 5.32 Å². The van der Waals surface area contributed by atoms with Gasteiger partial charge in [-0.3, -0.25) is 0 Å². The summed E-state index contributed by atoms with van der Waals surface area (Å²) in [5.74, 6) is 0.572. The molecule has 2 rings (SSSR count). The van der Waals surface area contributed by atoms with Gasteiger partial charge in [-0.2, -0.15) is 0 Å². The average molecular weight is 207 g/mol. The second-order valence-corrected chi connectivity index (χ2v) is 4.40. The summed E-state index contributed by atoms with van der Waals surface area (Å²) in [4.78, 5) is 0. The minimum Gasteiger partial charge on any atom is -0.310 e. The van der Waals surface area contributed by atoms with Crippen LogP contribution in [0.25, 0.3) is 0 Å². The topological polar surface area (TPSA) is 12.0 Å². The highest BCUT2D eigenvalue weighted by atomic mass is 19.1. The lowest BCUT2D eigenvalue weighted by atomic mass is 9.92. The van der Waals surface area contributed by atoms with E-state index < -0.39 is 0 Å². The molecular formula is C13H18FN. The number of aryl methyl sites for hydroxylation is 1. The number of halogens is 1. The lowest BCUT2D eigenvalue weighted by Gasteiger charge is -2.18. The number of benzene rings is 1. The molecule has 0 aromatic heterocycles. The quantitative estimate of drug-likeness (QED) is 0.785. The van der Waals surface area contributed by atoms with Crippen LogP contribution in [0.15, 0.2) is 18.2 Å². The summed E-state index contributed by atoms with van der Waals surface area (Å²) >= 11 is 0. The second-order valence-electron chi connectivity index (χ2n) is 4.40. The Morgan fingerprint density at radius 3 is 2.93 bits per heavy atom. The molecule has 1 aromatic rings. The Labute approximate surface area is 90.7 Å². The van der Waals surface area contributed by atoms with Crippen molar-refractivity contribution in [2.45, 2.75) is 32.7 Å².